The molecule has 0 atom stereocenters. The Kier molecular flexibility index (Phi) is 3.05. The molecule has 0 amide bonds. The highest BCUT2D eigenvalue weighted by Crippen LogP contribution is 2.31. The number of nitrogens with two attached hydrogens (primary N) is 1. The highest BCUT2D eigenvalue weighted by Gasteiger charge is 2.31. The molecule has 0 saturated heterocycles. The van der Waals surface area contributed by atoms with E-state index < -0.39 is 17.6 Å². The van der Waals surface area contributed by atoms with Gasteiger partial charge >= 0.3 is 6.18 Å². The average Bonchev–Trinajstić information content (AvgIpc) is 2.57. The van der Waals surface area contributed by atoms with Crippen molar-refractivity contribution in [1.29, 1.82) is 0 Å². The molecule has 2 aromatic rings. The highest BCUT2D eigenvalue weighted by molar-refractivity contribution is 9.10. The summed E-state index contributed by atoms with van der Waals surface area (Å²) in [6.45, 7) is 0. The Labute approximate surface area is 107 Å². The van der Waals surface area contributed by atoms with Crippen molar-refractivity contribution in [3.05, 3.63) is 40.2 Å². The molecule has 96 valence electrons. The Morgan fingerprint density at radius 2 is 1.94 bits per heavy atom. The minimum absolute atomic E-state index is 0.111. The second kappa shape index (κ2) is 4.27. The molecule has 8 heteroatoms. The Balaban J connectivity index is 2.48. The lowest BCUT2D eigenvalue weighted by Gasteiger charge is -2.08. The molecule has 1 aromatic heterocycles. The molecule has 18 heavy (non-hydrogen) atoms. The predicted octanol–water partition coefficient (Wildman–Crippen LogP) is 3.37. The third-order valence-electron chi connectivity index (χ3n) is 2.22. The van der Waals surface area contributed by atoms with E-state index in [2.05, 4.69) is 21.0 Å². The van der Waals surface area contributed by atoms with Gasteiger partial charge in [0.05, 0.1) is 10.0 Å². The summed E-state index contributed by atoms with van der Waals surface area (Å²) < 4.78 is 52.1. The molecule has 0 saturated carbocycles. The first-order valence-corrected chi connectivity index (χ1v) is 5.46. The standard InChI is InChI=1S/C10H6BrF4N3/c11-6-4-18(17-9(6)16)8-2-1-5(3-7(8)12)10(13,14)15/h1-4H,(H2,16,17). The molecule has 0 aliphatic rings. The largest absolute Gasteiger partial charge is 0.416 e. The van der Waals surface area contributed by atoms with E-state index in [0.29, 0.717) is 10.5 Å². The Morgan fingerprint density at radius 3 is 2.39 bits per heavy atom. The number of anilines is 1. The van der Waals surface area contributed by atoms with Crippen molar-refractivity contribution in [2.24, 2.45) is 0 Å². The molecule has 2 rings (SSSR count). The van der Waals surface area contributed by atoms with Crippen molar-refractivity contribution >= 4 is 21.7 Å². The average molecular weight is 324 g/mol. The van der Waals surface area contributed by atoms with Crippen molar-refractivity contribution in [1.82, 2.24) is 9.78 Å². The van der Waals surface area contributed by atoms with Crippen molar-refractivity contribution in [2.45, 2.75) is 6.18 Å². The normalized spacial score (nSPS) is 11.8. The minimum Gasteiger partial charge on any atom is -0.381 e. The third-order valence-corrected chi connectivity index (χ3v) is 2.83. The minimum atomic E-state index is -4.58. The zero-order valence-electron chi connectivity index (χ0n) is 8.67. The van der Waals surface area contributed by atoms with Gasteiger partial charge < -0.3 is 5.73 Å². The van der Waals surface area contributed by atoms with Crippen LogP contribution in [0.3, 0.4) is 0 Å². The summed E-state index contributed by atoms with van der Waals surface area (Å²) in [5.74, 6) is -0.908. The number of benzene rings is 1. The van der Waals surface area contributed by atoms with Gasteiger partial charge in [0.1, 0.15) is 11.5 Å². The number of nitrogen functional groups attached to an aromatic ring is 1. The summed E-state index contributed by atoms with van der Waals surface area (Å²) in [6.07, 6.45) is -3.22. The lowest BCUT2D eigenvalue weighted by Crippen LogP contribution is -2.07. The lowest BCUT2D eigenvalue weighted by atomic mass is 10.2. The van der Waals surface area contributed by atoms with Gasteiger partial charge in [-0.15, -0.1) is 5.10 Å². The van der Waals surface area contributed by atoms with Crippen LogP contribution in [-0.2, 0) is 6.18 Å². The monoisotopic (exact) mass is 323 g/mol. The fourth-order valence-corrected chi connectivity index (χ4v) is 1.63. The molecule has 0 radical (unpaired) electrons. The predicted molar refractivity (Wildman–Crippen MR) is 60.6 cm³/mol. The molecule has 0 bridgehead atoms. The van der Waals surface area contributed by atoms with Crippen LogP contribution < -0.4 is 5.73 Å². The van der Waals surface area contributed by atoms with Crippen LogP contribution in [0, 0.1) is 5.82 Å². The maximum atomic E-state index is 13.6. The molecule has 0 aliphatic heterocycles. The quantitative estimate of drug-likeness (QED) is 0.818. The molecule has 3 nitrogen and oxygen atoms in total. The van der Waals surface area contributed by atoms with Crippen LogP contribution in [0.15, 0.2) is 28.9 Å². The van der Waals surface area contributed by atoms with E-state index in [1.807, 2.05) is 0 Å². The van der Waals surface area contributed by atoms with Gasteiger partial charge in [-0.25, -0.2) is 9.07 Å². The summed E-state index contributed by atoms with van der Waals surface area (Å²) in [5.41, 5.74) is 4.28. The summed E-state index contributed by atoms with van der Waals surface area (Å²) in [5, 5.41) is 3.76. The molecule has 2 N–H and O–H groups in total. The van der Waals surface area contributed by atoms with E-state index in [1.54, 1.807) is 0 Å². The van der Waals surface area contributed by atoms with Crippen LogP contribution in [-0.4, -0.2) is 9.78 Å². The van der Waals surface area contributed by atoms with E-state index in [4.69, 9.17) is 5.73 Å². The van der Waals surface area contributed by atoms with Crippen LogP contribution >= 0.6 is 15.9 Å². The Bertz CT molecular complexity index is 572. The van der Waals surface area contributed by atoms with Gasteiger partial charge in [-0.1, -0.05) is 0 Å². The second-order valence-corrected chi connectivity index (χ2v) is 4.33. The van der Waals surface area contributed by atoms with Gasteiger partial charge in [0.25, 0.3) is 0 Å². The molecular weight excluding hydrogens is 318 g/mol. The zero-order valence-corrected chi connectivity index (χ0v) is 10.3. The van der Waals surface area contributed by atoms with Crippen LogP contribution in [0.5, 0.6) is 0 Å². The summed E-state index contributed by atoms with van der Waals surface area (Å²) in [7, 11) is 0. The summed E-state index contributed by atoms with van der Waals surface area (Å²) >= 11 is 3.07. The van der Waals surface area contributed by atoms with Crippen LogP contribution in [0.1, 0.15) is 5.56 Å². The maximum Gasteiger partial charge on any atom is 0.416 e. The van der Waals surface area contributed by atoms with Gasteiger partial charge in [0, 0.05) is 6.20 Å². The molecule has 0 unspecified atom stereocenters. The van der Waals surface area contributed by atoms with Crippen molar-refractivity contribution in [2.75, 3.05) is 5.73 Å². The molecule has 0 fully saturated rings. The molecule has 0 aliphatic carbocycles. The summed E-state index contributed by atoms with van der Waals surface area (Å²) in [6, 6.07) is 2.20. The Hall–Kier alpha value is -1.57. The second-order valence-electron chi connectivity index (χ2n) is 3.47. The third kappa shape index (κ3) is 2.33. The van der Waals surface area contributed by atoms with Gasteiger partial charge in [-0.05, 0) is 34.1 Å². The smallest absolute Gasteiger partial charge is 0.381 e. The molecule has 1 aromatic carbocycles. The number of nitrogens with zero attached hydrogens (tertiary/aromatic N) is 2. The van der Waals surface area contributed by atoms with E-state index in [1.165, 1.54) is 6.20 Å². The van der Waals surface area contributed by atoms with Crippen LogP contribution in [0.4, 0.5) is 23.4 Å². The molecule has 0 spiro atoms. The van der Waals surface area contributed by atoms with Crippen LogP contribution in [0.2, 0.25) is 0 Å². The van der Waals surface area contributed by atoms with E-state index >= 15 is 0 Å². The summed E-state index contributed by atoms with van der Waals surface area (Å²) in [4.78, 5) is 0. The van der Waals surface area contributed by atoms with Crippen molar-refractivity contribution in [3.8, 4) is 5.69 Å². The fraction of sp³-hybridized carbons (Fsp3) is 0.100. The first-order chi connectivity index (χ1) is 8.29. The van der Waals surface area contributed by atoms with Crippen molar-refractivity contribution < 1.29 is 17.6 Å². The lowest BCUT2D eigenvalue weighted by molar-refractivity contribution is -0.137. The van der Waals surface area contributed by atoms with Gasteiger partial charge in [0.2, 0.25) is 0 Å². The molecular formula is C10H6BrF4N3. The fourth-order valence-electron chi connectivity index (χ4n) is 1.36. The number of hydrogen-bond donors (Lipinski definition) is 1. The van der Waals surface area contributed by atoms with Crippen molar-refractivity contribution in [3.63, 3.8) is 0 Å². The number of rotatable bonds is 1. The number of hydrogen-bond acceptors (Lipinski definition) is 2. The zero-order chi connectivity index (χ0) is 13.5. The maximum absolute atomic E-state index is 13.6. The molecule has 1 heterocycles. The Morgan fingerprint density at radius 1 is 1.28 bits per heavy atom. The van der Waals surface area contributed by atoms with E-state index in [-0.39, 0.29) is 11.5 Å². The number of halogens is 5. The van der Waals surface area contributed by atoms with E-state index in [9.17, 15) is 17.6 Å². The van der Waals surface area contributed by atoms with Gasteiger partial charge in [0.15, 0.2) is 5.82 Å². The number of aromatic nitrogens is 2. The highest BCUT2D eigenvalue weighted by atomic mass is 79.9. The number of alkyl halides is 3. The first-order valence-electron chi connectivity index (χ1n) is 4.67. The van der Waals surface area contributed by atoms with E-state index in [0.717, 1.165) is 16.8 Å². The van der Waals surface area contributed by atoms with Crippen LogP contribution in [0.25, 0.3) is 5.69 Å². The SMILES string of the molecule is Nc1nn(-c2ccc(C(F)(F)F)cc2F)cc1Br. The van der Waals surface area contributed by atoms with Gasteiger partial charge in [-0.3, -0.25) is 0 Å². The van der Waals surface area contributed by atoms with Gasteiger partial charge in [-0.2, -0.15) is 13.2 Å². The topological polar surface area (TPSA) is 43.8 Å². The first kappa shape index (κ1) is 12.9.